The van der Waals surface area contributed by atoms with Gasteiger partial charge in [-0.15, -0.1) is 0 Å². The summed E-state index contributed by atoms with van der Waals surface area (Å²) in [6, 6.07) is -1.69. The van der Waals surface area contributed by atoms with E-state index in [1.165, 1.54) is 0 Å². The van der Waals surface area contributed by atoms with E-state index in [0.717, 1.165) is 0 Å². The fourth-order valence-corrected chi connectivity index (χ4v) is 0.536. The van der Waals surface area contributed by atoms with Gasteiger partial charge in [0.05, 0.1) is 12.6 Å². The molecule has 68 valence electrons. The van der Waals surface area contributed by atoms with Gasteiger partial charge in [0.2, 0.25) is 0 Å². The second-order valence-corrected chi connectivity index (χ2v) is 2.30. The van der Waals surface area contributed by atoms with Crippen LogP contribution in [0.25, 0.3) is 0 Å². The Kier molecular flexibility index (Phi) is 4.44. The van der Waals surface area contributed by atoms with E-state index in [4.69, 9.17) is 5.73 Å². The van der Waals surface area contributed by atoms with Crippen LogP contribution in [0.2, 0.25) is 0 Å². The van der Waals surface area contributed by atoms with Gasteiger partial charge in [0.15, 0.2) is 0 Å². The van der Waals surface area contributed by atoms with E-state index in [2.05, 4.69) is 5.32 Å². The molecule has 0 aliphatic rings. The molecule has 2 nitrogen and oxygen atoms in total. The van der Waals surface area contributed by atoms with Crippen LogP contribution in [0.5, 0.6) is 0 Å². The maximum absolute atomic E-state index is 12.6. The normalized spacial score (nSPS) is 15.0. The van der Waals surface area contributed by atoms with Crippen LogP contribution in [0.15, 0.2) is 0 Å². The number of halogens is 3. The molecular weight excluding hydrogens is 157 g/mol. The quantitative estimate of drug-likeness (QED) is 0.631. The van der Waals surface area contributed by atoms with Gasteiger partial charge in [-0.25, -0.2) is 13.2 Å². The largest absolute Gasteiger partial charge is 0.320 e. The van der Waals surface area contributed by atoms with Gasteiger partial charge < -0.3 is 11.1 Å². The van der Waals surface area contributed by atoms with Gasteiger partial charge in [-0.3, -0.25) is 0 Å². The molecule has 0 saturated heterocycles. The fraction of sp³-hybridized carbons (Fsp3) is 1.00. The number of nitrogens with two attached hydrogens (primary N) is 1. The Morgan fingerprint density at radius 3 is 2.45 bits per heavy atom. The average molecular weight is 170 g/mol. The minimum atomic E-state index is -3.15. The molecule has 0 aromatic carbocycles. The van der Waals surface area contributed by atoms with Crippen molar-refractivity contribution in [3.8, 4) is 0 Å². The van der Waals surface area contributed by atoms with E-state index in [9.17, 15) is 13.2 Å². The van der Waals surface area contributed by atoms with Crippen molar-refractivity contribution in [3.05, 3.63) is 0 Å². The lowest BCUT2D eigenvalue weighted by molar-refractivity contribution is -0.0292. The van der Waals surface area contributed by atoms with E-state index < -0.39 is 25.2 Å². The molecule has 1 atom stereocenters. The smallest absolute Gasteiger partial charge is 0.277 e. The molecule has 0 rings (SSSR count). The molecule has 0 saturated carbocycles. The summed E-state index contributed by atoms with van der Waals surface area (Å²) in [6.07, 6.45) is 0. The lowest BCUT2D eigenvalue weighted by Crippen LogP contribution is -2.49. The predicted octanol–water partition coefficient (Wildman–Crippen LogP) is 0.528. The van der Waals surface area contributed by atoms with Crippen LogP contribution < -0.4 is 11.1 Å². The molecule has 0 aromatic heterocycles. The van der Waals surface area contributed by atoms with E-state index in [1.54, 1.807) is 6.92 Å². The van der Waals surface area contributed by atoms with Crippen molar-refractivity contribution in [2.75, 3.05) is 19.8 Å². The van der Waals surface area contributed by atoms with Gasteiger partial charge in [-0.2, -0.15) is 0 Å². The van der Waals surface area contributed by atoms with E-state index >= 15 is 0 Å². The first-order valence-corrected chi connectivity index (χ1v) is 3.44. The van der Waals surface area contributed by atoms with Gasteiger partial charge in [0.1, 0.15) is 6.67 Å². The highest BCUT2D eigenvalue weighted by Gasteiger charge is 2.36. The Morgan fingerprint density at radius 1 is 1.55 bits per heavy atom. The molecule has 0 amide bonds. The Bertz CT molecular complexity index is 108. The second kappa shape index (κ2) is 4.56. The molecular formula is C6H13F3N2. The minimum Gasteiger partial charge on any atom is -0.320 e. The molecule has 0 aromatic rings. The summed E-state index contributed by atoms with van der Waals surface area (Å²) in [6.45, 7) is 0.360. The highest BCUT2D eigenvalue weighted by atomic mass is 19.3. The van der Waals surface area contributed by atoms with Crippen molar-refractivity contribution in [3.63, 3.8) is 0 Å². The number of alkyl halides is 3. The molecule has 11 heavy (non-hydrogen) atoms. The van der Waals surface area contributed by atoms with Crippen molar-refractivity contribution in [2.45, 2.75) is 18.9 Å². The maximum Gasteiger partial charge on any atom is 0.277 e. The third-order valence-electron chi connectivity index (χ3n) is 1.32. The summed E-state index contributed by atoms with van der Waals surface area (Å²) in [5.41, 5.74) is 4.83. The van der Waals surface area contributed by atoms with Crippen LogP contribution in [0, 0.1) is 0 Å². The fourth-order valence-electron chi connectivity index (χ4n) is 0.536. The number of rotatable bonds is 5. The monoisotopic (exact) mass is 170 g/mol. The minimum absolute atomic E-state index is 0.425. The molecule has 1 unspecified atom stereocenters. The summed E-state index contributed by atoms with van der Waals surface area (Å²) in [5, 5.41) is 2.41. The molecule has 0 spiro atoms. The van der Waals surface area contributed by atoms with Crippen molar-refractivity contribution < 1.29 is 13.2 Å². The molecule has 0 fully saturated rings. The molecule has 3 N–H and O–H groups in total. The first-order chi connectivity index (χ1) is 5.04. The lowest BCUT2D eigenvalue weighted by atomic mass is 10.2. The van der Waals surface area contributed by atoms with Gasteiger partial charge >= 0.3 is 0 Å². The van der Waals surface area contributed by atoms with Crippen molar-refractivity contribution in [2.24, 2.45) is 5.73 Å². The summed E-state index contributed by atoms with van der Waals surface area (Å²) < 4.78 is 36.8. The molecule has 0 radical (unpaired) electrons. The van der Waals surface area contributed by atoms with Gasteiger partial charge in [-0.1, -0.05) is 6.92 Å². The summed E-state index contributed by atoms with van der Waals surface area (Å²) in [7, 11) is 0. The predicted molar refractivity (Wildman–Crippen MR) is 37.4 cm³/mol. The zero-order valence-corrected chi connectivity index (χ0v) is 6.41. The highest BCUT2D eigenvalue weighted by Crippen LogP contribution is 2.15. The first kappa shape index (κ1) is 10.7. The van der Waals surface area contributed by atoms with Gasteiger partial charge in [0, 0.05) is 0 Å². The SMILES string of the molecule is CCNCC(F)(F)C(N)CF. The number of hydrogen-bond donors (Lipinski definition) is 2. The third-order valence-corrected chi connectivity index (χ3v) is 1.32. The van der Waals surface area contributed by atoms with Crippen LogP contribution >= 0.6 is 0 Å². The summed E-state index contributed by atoms with van der Waals surface area (Å²) in [5.74, 6) is -3.15. The second-order valence-electron chi connectivity index (χ2n) is 2.30. The highest BCUT2D eigenvalue weighted by molar-refractivity contribution is 4.81. The Hall–Kier alpha value is -0.290. The molecule has 0 bridgehead atoms. The average Bonchev–Trinajstić information content (AvgIpc) is 1.99. The molecule has 0 heterocycles. The van der Waals surface area contributed by atoms with Crippen LogP contribution in [0.3, 0.4) is 0 Å². The van der Waals surface area contributed by atoms with E-state index in [0.29, 0.717) is 6.54 Å². The summed E-state index contributed by atoms with van der Waals surface area (Å²) >= 11 is 0. The van der Waals surface area contributed by atoms with Crippen LogP contribution in [-0.4, -0.2) is 31.7 Å². The number of hydrogen-bond acceptors (Lipinski definition) is 2. The van der Waals surface area contributed by atoms with Crippen LogP contribution in [0.1, 0.15) is 6.92 Å². The van der Waals surface area contributed by atoms with Crippen molar-refractivity contribution >= 4 is 0 Å². The standard InChI is InChI=1S/C6H13F3N2/c1-2-11-4-6(8,9)5(10)3-7/h5,11H,2-4,10H2,1H3. The van der Waals surface area contributed by atoms with Gasteiger partial charge in [0.25, 0.3) is 5.92 Å². The number of nitrogens with one attached hydrogen (secondary N) is 1. The van der Waals surface area contributed by atoms with E-state index in [1.807, 2.05) is 0 Å². The molecule has 0 aliphatic heterocycles. The van der Waals surface area contributed by atoms with Crippen LogP contribution in [-0.2, 0) is 0 Å². The third kappa shape index (κ3) is 3.57. The summed E-state index contributed by atoms with van der Waals surface area (Å²) in [4.78, 5) is 0. The molecule has 5 heteroatoms. The Balaban J connectivity index is 3.77. The van der Waals surface area contributed by atoms with E-state index in [-0.39, 0.29) is 0 Å². The first-order valence-electron chi connectivity index (χ1n) is 3.44. The molecule has 0 aliphatic carbocycles. The Morgan fingerprint density at radius 2 is 2.09 bits per heavy atom. The van der Waals surface area contributed by atoms with Gasteiger partial charge in [-0.05, 0) is 6.54 Å². The van der Waals surface area contributed by atoms with Crippen LogP contribution in [0.4, 0.5) is 13.2 Å². The zero-order chi connectivity index (χ0) is 8.91. The zero-order valence-electron chi connectivity index (χ0n) is 6.41. The topological polar surface area (TPSA) is 38.0 Å². The lowest BCUT2D eigenvalue weighted by Gasteiger charge is -2.20. The Labute approximate surface area is 64.0 Å². The maximum atomic E-state index is 12.6. The van der Waals surface area contributed by atoms with Crippen molar-refractivity contribution in [1.29, 1.82) is 0 Å². The van der Waals surface area contributed by atoms with Crippen molar-refractivity contribution in [1.82, 2.24) is 5.32 Å².